The average molecular weight is 337 g/mol. The Morgan fingerprint density at radius 2 is 1.32 bits per heavy atom. The van der Waals surface area contributed by atoms with Crippen molar-refractivity contribution in [1.29, 1.82) is 0 Å². The third-order valence-corrected chi connectivity index (χ3v) is 8.18. The van der Waals surface area contributed by atoms with E-state index in [1.165, 1.54) is 31.2 Å². The second-order valence-electron chi connectivity index (χ2n) is 8.53. The minimum Gasteiger partial charge on any atom is -0.377 e. The van der Waals surface area contributed by atoms with E-state index < -0.39 is 16.1 Å². The molecule has 0 N–H and O–H groups in total. The van der Waals surface area contributed by atoms with Crippen molar-refractivity contribution in [1.82, 2.24) is 0 Å². The van der Waals surface area contributed by atoms with Gasteiger partial charge in [0, 0.05) is 6.61 Å². The number of rotatable bonds is 9. The fourth-order valence-electron chi connectivity index (χ4n) is 2.46. The van der Waals surface area contributed by atoms with E-state index in [0.29, 0.717) is 0 Å². The molecular weight excluding hydrogens is 300 g/mol. The van der Waals surface area contributed by atoms with E-state index in [0.717, 1.165) is 13.2 Å². The first-order chi connectivity index (χ1) is 10.1. The fourth-order valence-corrected chi connectivity index (χ4v) is 5.02. The van der Waals surface area contributed by atoms with Gasteiger partial charge >= 0.3 is 0 Å². The predicted molar refractivity (Wildman–Crippen MR) is 106 cm³/mol. The van der Waals surface area contributed by atoms with Crippen molar-refractivity contribution in [3.63, 3.8) is 0 Å². The number of benzene rings is 1. The Morgan fingerprint density at radius 3 is 1.77 bits per heavy atom. The van der Waals surface area contributed by atoms with E-state index in [9.17, 15) is 0 Å². The molecule has 0 bridgehead atoms. The van der Waals surface area contributed by atoms with Crippen LogP contribution < -0.4 is 10.4 Å². The van der Waals surface area contributed by atoms with Crippen molar-refractivity contribution in [3.8, 4) is 0 Å². The molecule has 22 heavy (non-hydrogen) atoms. The van der Waals surface area contributed by atoms with Crippen LogP contribution in [0.3, 0.4) is 0 Å². The Balaban J connectivity index is 2.77. The molecule has 0 saturated heterocycles. The first-order valence-electron chi connectivity index (χ1n) is 8.87. The number of ether oxygens (including phenoxy) is 1. The minimum absolute atomic E-state index is 0.780. The van der Waals surface area contributed by atoms with Crippen molar-refractivity contribution in [2.45, 2.75) is 78.5 Å². The van der Waals surface area contributed by atoms with Gasteiger partial charge in [-0.3, -0.25) is 0 Å². The summed E-state index contributed by atoms with van der Waals surface area (Å²) in [4.78, 5) is 0. The van der Waals surface area contributed by atoms with Crippen LogP contribution in [0, 0.1) is 0 Å². The minimum atomic E-state index is -1.27. The number of hydrogen-bond acceptors (Lipinski definition) is 1. The fraction of sp³-hybridized carbons (Fsp3) is 0.684. The lowest BCUT2D eigenvalue weighted by Crippen LogP contribution is -2.45. The molecule has 0 aromatic heterocycles. The molecule has 0 amide bonds. The van der Waals surface area contributed by atoms with Crippen molar-refractivity contribution in [2.75, 3.05) is 6.61 Å². The maximum atomic E-state index is 5.93. The quantitative estimate of drug-likeness (QED) is 0.461. The maximum absolute atomic E-state index is 5.93. The summed E-state index contributed by atoms with van der Waals surface area (Å²) in [6, 6.07) is 7.30. The molecule has 1 rings (SSSR count). The summed E-state index contributed by atoms with van der Waals surface area (Å²) in [6.07, 6.45) is 5.11. The molecule has 0 aliphatic heterocycles. The zero-order valence-corrected chi connectivity index (χ0v) is 17.9. The van der Waals surface area contributed by atoms with Crippen molar-refractivity contribution in [3.05, 3.63) is 23.8 Å². The van der Waals surface area contributed by atoms with E-state index in [1.54, 1.807) is 10.4 Å². The van der Waals surface area contributed by atoms with Gasteiger partial charge in [0.1, 0.15) is 0 Å². The summed E-state index contributed by atoms with van der Waals surface area (Å²) in [5.74, 6) is 0. The highest BCUT2D eigenvalue weighted by molar-refractivity contribution is 6.91. The van der Waals surface area contributed by atoms with Crippen molar-refractivity contribution in [2.24, 2.45) is 0 Å². The van der Waals surface area contributed by atoms with Gasteiger partial charge in [0.25, 0.3) is 0 Å². The molecular formula is C19H36OSi2. The van der Waals surface area contributed by atoms with Gasteiger partial charge < -0.3 is 4.74 Å². The van der Waals surface area contributed by atoms with E-state index in [2.05, 4.69) is 64.4 Å². The highest BCUT2D eigenvalue weighted by Gasteiger charge is 2.22. The van der Waals surface area contributed by atoms with Crippen molar-refractivity contribution >= 4 is 26.5 Å². The summed E-state index contributed by atoms with van der Waals surface area (Å²) in [5, 5.41) is 3.16. The predicted octanol–water partition coefficient (Wildman–Crippen LogP) is 4.87. The summed E-state index contributed by atoms with van der Waals surface area (Å²) in [7, 11) is -2.55. The van der Waals surface area contributed by atoms with Crippen LogP contribution in [0.5, 0.6) is 0 Å². The van der Waals surface area contributed by atoms with Gasteiger partial charge in [-0.05, 0) is 12.0 Å². The summed E-state index contributed by atoms with van der Waals surface area (Å²) in [6.45, 7) is 18.5. The van der Waals surface area contributed by atoms with Crippen LogP contribution in [0.2, 0.25) is 39.3 Å². The molecule has 0 atom stereocenters. The van der Waals surface area contributed by atoms with Gasteiger partial charge in [-0.15, -0.1) is 0 Å². The molecule has 0 aliphatic carbocycles. The normalized spacial score (nSPS) is 12.7. The lowest BCUT2D eigenvalue weighted by molar-refractivity contribution is 0.117. The second-order valence-corrected chi connectivity index (χ2v) is 18.7. The van der Waals surface area contributed by atoms with Crippen LogP contribution in [0.1, 0.15) is 38.2 Å². The topological polar surface area (TPSA) is 9.23 Å². The van der Waals surface area contributed by atoms with Crippen LogP contribution in [0.15, 0.2) is 18.2 Å². The van der Waals surface area contributed by atoms with E-state index in [4.69, 9.17) is 4.74 Å². The monoisotopic (exact) mass is 336 g/mol. The molecule has 0 saturated carbocycles. The zero-order valence-electron chi connectivity index (χ0n) is 15.9. The SMILES string of the molecule is CCCCCCOCc1cc([Si](C)(C)C)cc([Si](C)(C)C)c1. The van der Waals surface area contributed by atoms with Crippen LogP contribution in [-0.4, -0.2) is 22.8 Å². The van der Waals surface area contributed by atoms with E-state index in [-0.39, 0.29) is 0 Å². The third kappa shape index (κ3) is 6.80. The number of unbranched alkanes of at least 4 members (excludes halogenated alkanes) is 3. The lowest BCUT2D eigenvalue weighted by Gasteiger charge is -2.24. The molecule has 1 aromatic rings. The third-order valence-electron chi connectivity index (χ3n) is 4.14. The Morgan fingerprint density at radius 1 is 0.773 bits per heavy atom. The molecule has 3 heteroatoms. The molecule has 126 valence electrons. The van der Waals surface area contributed by atoms with Gasteiger partial charge in [0.05, 0.1) is 22.8 Å². The number of hydrogen-bond donors (Lipinski definition) is 0. The van der Waals surface area contributed by atoms with Crippen LogP contribution in [0.25, 0.3) is 0 Å². The largest absolute Gasteiger partial charge is 0.377 e. The Labute approximate surface area is 140 Å². The molecule has 0 radical (unpaired) electrons. The lowest BCUT2D eigenvalue weighted by atomic mass is 10.2. The summed E-state index contributed by atoms with van der Waals surface area (Å²) < 4.78 is 5.93. The van der Waals surface area contributed by atoms with Gasteiger partial charge in [-0.25, -0.2) is 0 Å². The van der Waals surface area contributed by atoms with E-state index >= 15 is 0 Å². The van der Waals surface area contributed by atoms with Gasteiger partial charge in [-0.2, -0.15) is 0 Å². The smallest absolute Gasteiger partial charge is 0.0776 e. The maximum Gasteiger partial charge on any atom is 0.0776 e. The highest BCUT2D eigenvalue weighted by Crippen LogP contribution is 2.10. The Kier molecular flexibility index (Phi) is 7.56. The van der Waals surface area contributed by atoms with Crippen LogP contribution in [0.4, 0.5) is 0 Å². The molecule has 0 fully saturated rings. The molecule has 0 unspecified atom stereocenters. The first-order valence-corrected chi connectivity index (χ1v) is 15.9. The molecule has 0 spiro atoms. The molecule has 1 aromatic carbocycles. The Bertz CT molecular complexity index is 423. The zero-order chi connectivity index (χ0) is 16.8. The second kappa shape index (κ2) is 8.46. The average Bonchev–Trinajstić information content (AvgIpc) is 2.40. The summed E-state index contributed by atoms with van der Waals surface area (Å²) >= 11 is 0. The Hall–Kier alpha value is -0.386. The first kappa shape index (κ1) is 19.7. The van der Waals surface area contributed by atoms with Gasteiger partial charge in [-0.1, -0.05) is 94.0 Å². The molecule has 0 aliphatic rings. The van der Waals surface area contributed by atoms with Crippen LogP contribution >= 0.6 is 0 Å². The van der Waals surface area contributed by atoms with Crippen LogP contribution in [-0.2, 0) is 11.3 Å². The standard InChI is InChI=1S/C19H36OSi2/c1-8-9-10-11-12-20-16-17-13-18(21(2,3)4)15-19(14-17)22(5,6)7/h13-15H,8-12,16H2,1-7H3. The van der Waals surface area contributed by atoms with Crippen molar-refractivity contribution < 1.29 is 4.74 Å². The van der Waals surface area contributed by atoms with Gasteiger partial charge in [0.2, 0.25) is 0 Å². The molecule has 1 nitrogen and oxygen atoms in total. The van der Waals surface area contributed by atoms with Gasteiger partial charge in [0.15, 0.2) is 0 Å². The van der Waals surface area contributed by atoms with E-state index in [1.807, 2.05) is 0 Å². The highest BCUT2D eigenvalue weighted by atomic mass is 28.3. The summed E-state index contributed by atoms with van der Waals surface area (Å²) in [5.41, 5.74) is 1.38. The molecule has 0 heterocycles.